The van der Waals surface area contributed by atoms with E-state index in [0.717, 1.165) is 0 Å². The molecule has 0 bridgehead atoms. The molecule has 0 atom stereocenters. The summed E-state index contributed by atoms with van der Waals surface area (Å²) in [7, 11) is 0. The van der Waals surface area contributed by atoms with Gasteiger partial charge in [0.05, 0.1) is 0 Å². The van der Waals surface area contributed by atoms with E-state index in [9.17, 15) is 0 Å². The number of nitrogens with one attached hydrogen (secondary N) is 2. The number of rotatable bonds is 0. The van der Waals surface area contributed by atoms with Crippen molar-refractivity contribution in [3.8, 4) is 0 Å². The van der Waals surface area contributed by atoms with Crippen LogP contribution in [0.4, 0.5) is 0 Å². The van der Waals surface area contributed by atoms with Gasteiger partial charge in [-0.25, -0.2) is 0 Å². The summed E-state index contributed by atoms with van der Waals surface area (Å²) in [6.45, 7) is 5.02. The highest BCUT2D eigenvalue weighted by Gasteiger charge is 2.36. The average Bonchev–Trinajstić information content (AvgIpc) is 2.08. The van der Waals surface area contributed by atoms with Crippen molar-refractivity contribution in [3.63, 3.8) is 0 Å². The van der Waals surface area contributed by atoms with Crippen LogP contribution in [-0.4, -0.2) is 26.2 Å². The molecule has 0 aromatic heterocycles. The maximum atomic E-state index is 3.44. The summed E-state index contributed by atoms with van der Waals surface area (Å²) in [6.07, 6.45) is 4.20. The van der Waals surface area contributed by atoms with Crippen molar-refractivity contribution in [3.05, 3.63) is 0 Å². The lowest BCUT2D eigenvalue weighted by atomic mass is 9.75. The van der Waals surface area contributed by atoms with E-state index < -0.39 is 0 Å². The van der Waals surface area contributed by atoms with Gasteiger partial charge < -0.3 is 10.6 Å². The number of hydrogen-bond acceptors (Lipinski definition) is 2. The van der Waals surface area contributed by atoms with Crippen LogP contribution >= 0.6 is 0 Å². The van der Waals surface area contributed by atoms with Gasteiger partial charge in [0.15, 0.2) is 0 Å². The minimum Gasteiger partial charge on any atom is -0.317 e. The first kappa shape index (κ1) is 9.01. The summed E-state index contributed by atoms with van der Waals surface area (Å²) in [6, 6.07) is 0. The van der Waals surface area contributed by atoms with Crippen molar-refractivity contribution in [2.45, 2.75) is 26.7 Å². The van der Waals surface area contributed by atoms with Crippen molar-refractivity contribution >= 4 is 0 Å². The van der Waals surface area contributed by atoms with E-state index in [2.05, 4.69) is 10.6 Å². The predicted octanol–water partition coefficient (Wildman–Crippen LogP) is 0.986. The Morgan fingerprint density at radius 1 is 0.909 bits per heavy atom. The second-order valence-electron chi connectivity index (χ2n) is 3.71. The minimum atomic E-state index is 0. The fraction of sp³-hybridized carbons (Fsp3) is 1.00. The zero-order valence-corrected chi connectivity index (χ0v) is 6.45. The van der Waals surface area contributed by atoms with Crippen LogP contribution in [0, 0.1) is 5.41 Å². The van der Waals surface area contributed by atoms with Crippen molar-refractivity contribution in [1.82, 2.24) is 10.6 Å². The normalized spacial score (nSPS) is 28.4. The van der Waals surface area contributed by atoms with Gasteiger partial charge in [-0.1, -0.05) is 7.43 Å². The lowest BCUT2D eigenvalue weighted by Gasteiger charge is -2.42. The van der Waals surface area contributed by atoms with Crippen molar-refractivity contribution in [2.75, 3.05) is 26.2 Å². The smallest absolute Gasteiger partial charge is 0.00207 e. The Balaban J connectivity index is 0.000000605. The van der Waals surface area contributed by atoms with Gasteiger partial charge in [-0.2, -0.15) is 0 Å². The van der Waals surface area contributed by atoms with E-state index in [1.807, 2.05) is 0 Å². The summed E-state index contributed by atoms with van der Waals surface area (Å²) in [5, 5.41) is 6.81. The maximum Gasteiger partial charge on any atom is 0.00207 e. The summed E-state index contributed by atoms with van der Waals surface area (Å²) < 4.78 is 0. The molecule has 2 N–H and O–H groups in total. The molecular weight excluding hydrogens is 136 g/mol. The van der Waals surface area contributed by atoms with E-state index >= 15 is 0 Å². The van der Waals surface area contributed by atoms with Gasteiger partial charge in [0, 0.05) is 13.1 Å². The monoisotopic (exact) mass is 156 g/mol. The fourth-order valence-electron chi connectivity index (χ4n) is 2.02. The molecule has 2 nitrogen and oxygen atoms in total. The van der Waals surface area contributed by atoms with Gasteiger partial charge in [0.25, 0.3) is 0 Å². The summed E-state index contributed by atoms with van der Waals surface area (Å²) in [4.78, 5) is 0. The quantitative estimate of drug-likeness (QED) is 0.546. The van der Waals surface area contributed by atoms with Gasteiger partial charge in [-0.15, -0.1) is 0 Å². The average molecular weight is 156 g/mol. The molecule has 0 radical (unpaired) electrons. The Morgan fingerprint density at radius 3 is 2.36 bits per heavy atom. The van der Waals surface area contributed by atoms with E-state index in [0.29, 0.717) is 5.41 Å². The molecular formula is C9H20N2. The SMILES string of the molecule is C.C1CNCCC2(C1)CNC2. The summed E-state index contributed by atoms with van der Waals surface area (Å²) in [5.74, 6) is 0. The zero-order valence-electron chi connectivity index (χ0n) is 6.45. The van der Waals surface area contributed by atoms with Crippen molar-refractivity contribution in [1.29, 1.82) is 0 Å². The molecule has 11 heavy (non-hydrogen) atoms. The highest BCUT2D eigenvalue weighted by Crippen LogP contribution is 2.32. The zero-order chi connectivity index (χ0) is 6.86. The molecule has 0 saturated carbocycles. The van der Waals surface area contributed by atoms with Gasteiger partial charge in [-0.05, 0) is 37.8 Å². The second-order valence-corrected chi connectivity index (χ2v) is 3.71. The molecule has 0 aliphatic carbocycles. The molecule has 2 heterocycles. The lowest BCUT2D eigenvalue weighted by molar-refractivity contribution is 0.147. The Hall–Kier alpha value is -0.0800. The Bertz CT molecular complexity index is 109. The molecule has 2 aliphatic rings. The van der Waals surface area contributed by atoms with Crippen molar-refractivity contribution in [2.24, 2.45) is 5.41 Å². The van der Waals surface area contributed by atoms with E-state index in [1.165, 1.54) is 45.4 Å². The van der Waals surface area contributed by atoms with Crippen LogP contribution in [0.15, 0.2) is 0 Å². The topological polar surface area (TPSA) is 24.1 Å². The fourth-order valence-corrected chi connectivity index (χ4v) is 2.02. The van der Waals surface area contributed by atoms with Crippen LogP contribution in [0.3, 0.4) is 0 Å². The third-order valence-corrected chi connectivity index (χ3v) is 2.89. The van der Waals surface area contributed by atoms with Gasteiger partial charge in [0.2, 0.25) is 0 Å². The molecule has 0 aromatic carbocycles. The minimum absolute atomic E-state index is 0. The Morgan fingerprint density at radius 2 is 1.73 bits per heavy atom. The van der Waals surface area contributed by atoms with Crippen LogP contribution < -0.4 is 10.6 Å². The first-order valence-corrected chi connectivity index (χ1v) is 4.33. The molecule has 2 fully saturated rings. The van der Waals surface area contributed by atoms with E-state index in [-0.39, 0.29) is 7.43 Å². The third-order valence-electron chi connectivity index (χ3n) is 2.89. The largest absolute Gasteiger partial charge is 0.317 e. The molecule has 2 rings (SSSR count). The summed E-state index contributed by atoms with van der Waals surface area (Å²) >= 11 is 0. The first-order chi connectivity index (χ1) is 4.91. The second kappa shape index (κ2) is 3.55. The van der Waals surface area contributed by atoms with Crippen LogP contribution in [0.5, 0.6) is 0 Å². The molecule has 0 unspecified atom stereocenters. The highest BCUT2D eigenvalue weighted by atomic mass is 15.0. The predicted molar refractivity (Wildman–Crippen MR) is 48.8 cm³/mol. The summed E-state index contributed by atoms with van der Waals surface area (Å²) in [5.41, 5.74) is 0.712. The first-order valence-electron chi connectivity index (χ1n) is 4.33. The molecule has 66 valence electrons. The number of hydrogen-bond donors (Lipinski definition) is 2. The Kier molecular flexibility index (Phi) is 2.90. The van der Waals surface area contributed by atoms with Crippen LogP contribution in [-0.2, 0) is 0 Å². The van der Waals surface area contributed by atoms with Crippen molar-refractivity contribution < 1.29 is 0 Å². The molecule has 2 aliphatic heterocycles. The Labute approximate surface area is 69.8 Å². The molecule has 0 amide bonds. The van der Waals surface area contributed by atoms with Crippen LogP contribution in [0.2, 0.25) is 0 Å². The third kappa shape index (κ3) is 1.74. The van der Waals surface area contributed by atoms with Gasteiger partial charge >= 0.3 is 0 Å². The van der Waals surface area contributed by atoms with Crippen LogP contribution in [0.25, 0.3) is 0 Å². The molecule has 0 aromatic rings. The maximum absolute atomic E-state index is 3.44. The van der Waals surface area contributed by atoms with Crippen LogP contribution in [0.1, 0.15) is 26.7 Å². The lowest BCUT2D eigenvalue weighted by Crippen LogP contribution is -2.53. The molecule has 1 spiro atoms. The molecule has 2 saturated heterocycles. The standard InChI is InChI=1S/C8H16N2.CH4/c1-2-8(6-10-7-8)3-5-9-4-1;/h9-10H,1-7H2;1H4. The van der Waals surface area contributed by atoms with Gasteiger partial charge in [0.1, 0.15) is 0 Å². The van der Waals surface area contributed by atoms with E-state index in [4.69, 9.17) is 0 Å². The highest BCUT2D eigenvalue weighted by molar-refractivity contribution is 4.93. The molecule has 2 heteroatoms. The van der Waals surface area contributed by atoms with E-state index in [1.54, 1.807) is 0 Å². The van der Waals surface area contributed by atoms with Gasteiger partial charge in [-0.3, -0.25) is 0 Å².